The molecule has 0 bridgehead atoms. The molecule has 0 fully saturated rings. The van der Waals surface area contributed by atoms with Crippen LogP contribution < -0.4 is 0 Å². The van der Waals surface area contributed by atoms with Gasteiger partial charge in [0.05, 0.1) is 0 Å². The Bertz CT molecular complexity index is 1560. The van der Waals surface area contributed by atoms with Crippen LogP contribution in [0.2, 0.25) is 0 Å². The molecule has 0 saturated carbocycles. The summed E-state index contributed by atoms with van der Waals surface area (Å²) in [6, 6.07) is 0. The van der Waals surface area contributed by atoms with E-state index < -0.39 is 12.1 Å². The van der Waals surface area contributed by atoms with E-state index in [1.165, 1.54) is 51.4 Å². The number of ether oxygens (including phenoxy) is 3. The third-order valence-corrected chi connectivity index (χ3v) is 10.8. The van der Waals surface area contributed by atoms with Crippen LogP contribution in [0.1, 0.15) is 213 Å². The summed E-state index contributed by atoms with van der Waals surface area (Å²) in [4.78, 5) is 38.0. The summed E-state index contributed by atoms with van der Waals surface area (Å²) in [6.45, 7) is 6.27. The fourth-order valence-corrected chi connectivity index (χ4v) is 6.79. The lowest BCUT2D eigenvalue weighted by atomic mass is 10.1. The highest BCUT2D eigenvalue weighted by molar-refractivity contribution is 5.71. The van der Waals surface area contributed by atoms with E-state index in [1.54, 1.807) is 0 Å². The molecule has 0 aliphatic heterocycles. The van der Waals surface area contributed by atoms with E-state index in [0.29, 0.717) is 19.3 Å². The van der Waals surface area contributed by atoms with Crippen LogP contribution in [0.3, 0.4) is 0 Å². The van der Waals surface area contributed by atoms with Crippen molar-refractivity contribution < 1.29 is 28.6 Å². The first-order valence-corrected chi connectivity index (χ1v) is 27.3. The van der Waals surface area contributed by atoms with Gasteiger partial charge in [-0.1, -0.05) is 218 Å². The zero-order valence-corrected chi connectivity index (χ0v) is 44.0. The number of rotatable bonds is 47. The largest absolute Gasteiger partial charge is 0.462 e. The highest BCUT2D eigenvalue weighted by atomic mass is 16.6. The second-order valence-electron chi connectivity index (χ2n) is 17.4. The molecule has 0 aliphatic rings. The molecule has 0 rings (SSSR count). The van der Waals surface area contributed by atoms with Crippen molar-refractivity contribution >= 4 is 17.9 Å². The van der Waals surface area contributed by atoms with Gasteiger partial charge in [-0.25, -0.2) is 0 Å². The molecule has 0 saturated heterocycles. The fourth-order valence-electron chi connectivity index (χ4n) is 6.79. The first kappa shape index (κ1) is 64.3. The first-order chi connectivity index (χ1) is 34.0. The number of carbonyl (C=O) groups excluding carboxylic acids is 3. The topological polar surface area (TPSA) is 78.9 Å². The molecule has 0 aromatic rings. The van der Waals surface area contributed by atoms with Crippen molar-refractivity contribution in [1.82, 2.24) is 0 Å². The highest BCUT2D eigenvalue weighted by Gasteiger charge is 2.19. The third kappa shape index (κ3) is 54.1. The molecule has 6 heteroatoms. The number of allylic oxidation sites excluding steroid dienone is 24. The quantitative estimate of drug-likeness (QED) is 0.0262. The number of hydrogen-bond acceptors (Lipinski definition) is 6. The van der Waals surface area contributed by atoms with Gasteiger partial charge in [0.1, 0.15) is 13.2 Å². The molecular formula is C63H98O6. The number of hydrogen-bond donors (Lipinski definition) is 0. The maximum atomic E-state index is 12.8. The summed E-state index contributed by atoms with van der Waals surface area (Å²) in [5, 5.41) is 0. The Kier molecular flexibility index (Phi) is 52.1. The van der Waals surface area contributed by atoms with E-state index in [1.807, 2.05) is 12.2 Å². The zero-order chi connectivity index (χ0) is 50.0. The summed E-state index contributed by atoms with van der Waals surface area (Å²) in [5.41, 5.74) is 0. The van der Waals surface area contributed by atoms with E-state index in [9.17, 15) is 14.4 Å². The highest BCUT2D eigenvalue weighted by Crippen LogP contribution is 2.12. The van der Waals surface area contributed by atoms with Gasteiger partial charge in [0.15, 0.2) is 6.10 Å². The molecule has 6 nitrogen and oxygen atoms in total. The Morgan fingerprint density at radius 3 is 1.03 bits per heavy atom. The lowest BCUT2D eigenvalue weighted by Gasteiger charge is -2.18. The molecule has 386 valence electrons. The molecule has 1 unspecified atom stereocenters. The minimum atomic E-state index is -0.848. The van der Waals surface area contributed by atoms with Crippen LogP contribution in [0.5, 0.6) is 0 Å². The summed E-state index contributed by atoms with van der Waals surface area (Å²) in [6.07, 6.45) is 79.9. The standard InChI is InChI=1S/C63H98O6/c1-4-7-10-13-16-19-22-25-28-30-31-33-35-38-41-44-47-50-53-56-62(65)68-59-60(58-67-61(64)55-52-49-46-43-40-37-34-27-24-21-18-15-12-9-6-3)69-63(66)57-54-51-48-45-42-39-36-32-29-26-23-20-17-14-11-8-5-2/h7-8,10-11,16-17,19-20,25-29,31,33-34,36,38-39,41,45,47-48,50,60H,4-6,9,12-15,18,21-24,30,32,35,37,40,42-44,46,49,51-59H2,1-3H3/b10-7-,11-8-,19-16-,20-17-,28-25-,29-26-,33-31-,34-27-,39-36-,41-38-,48-45-,50-47-. The van der Waals surface area contributed by atoms with Crippen LogP contribution in [-0.4, -0.2) is 37.2 Å². The molecule has 0 N–H and O–H groups in total. The maximum Gasteiger partial charge on any atom is 0.306 e. The number of carbonyl (C=O) groups is 3. The van der Waals surface area contributed by atoms with Crippen molar-refractivity contribution in [3.63, 3.8) is 0 Å². The predicted octanol–water partition coefficient (Wildman–Crippen LogP) is 18.4. The molecule has 0 amide bonds. The maximum absolute atomic E-state index is 12.8. The zero-order valence-electron chi connectivity index (χ0n) is 44.0. The number of esters is 3. The van der Waals surface area contributed by atoms with Gasteiger partial charge in [-0.2, -0.15) is 0 Å². The van der Waals surface area contributed by atoms with Crippen molar-refractivity contribution in [1.29, 1.82) is 0 Å². The Morgan fingerprint density at radius 1 is 0.304 bits per heavy atom. The summed E-state index contributed by atoms with van der Waals surface area (Å²) < 4.78 is 16.7. The van der Waals surface area contributed by atoms with Gasteiger partial charge in [-0.15, -0.1) is 0 Å². The molecule has 69 heavy (non-hydrogen) atoms. The van der Waals surface area contributed by atoms with Crippen LogP contribution in [0.25, 0.3) is 0 Å². The second kappa shape index (κ2) is 55.9. The van der Waals surface area contributed by atoms with Crippen molar-refractivity contribution in [3.05, 3.63) is 146 Å². The molecule has 0 aromatic carbocycles. The Balaban J connectivity index is 4.63. The minimum Gasteiger partial charge on any atom is -0.462 e. The van der Waals surface area contributed by atoms with Crippen LogP contribution in [0, 0.1) is 0 Å². The molecule has 0 radical (unpaired) electrons. The average molecular weight is 951 g/mol. The smallest absolute Gasteiger partial charge is 0.306 e. The first-order valence-electron chi connectivity index (χ1n) is 27.3. The van der Waals surface area contributed by atoms with Gasteiger partial charge >= 0.3 is 17.9 Å². The van der Waals surface area contributed by atoms with E-state index in [2.05, 4.69) is 154 Å². The molecule has 0 heterocycles. The van der Waals surface area contributed by atoms with E-state index in [-0.39, 0.29) is 38.0 Å². The fraction of sp³-hybridized carbons (Fsp3) is 0.571. The van der Waals surface area contributed by atoms with E-state index >= 15 is 0 Å². The van der Waals surface area contributed by atoms with Gasteiger partial charge in [0.25, 0.3) is 0 Å². The lowest BCUT2D eigenvalue weighted by Crippen LogP contribution is -2.30. The summed E-state index contributed by atoms with van der Waals surface area (Å²) >= 11 is 0. The van der Waals surface area contributed by atoms with Crippen LogP contribution in [0.15, 0.2) is 146 Å². The molecular weight excluding hydrogens is 853 g/mol. The van der Waals surface area contributed by atoms with Crippen LogP contribution in [-0.2, 0) is 28.6 Å². The van der Waals surface area contributed by atoms with Crippen LogP contribution >= 0.6 is 0 Å². The molecule has 0 aromatic heterocycles. The third-order valence-electron chi connectivity index (χ3n) is 10.8. The molecule has 1 atom stereocenters. The van der Waals surface area contributed by atoms with Crippen LogP contribution in [0.4, 0.5) is 0 Å². The monoisotopic (exact) mass is 951 g/mol. The van der Waals surface area contributed by atoms with E-state index in [4.69, 9.17) is 14.2 Å². The Morgan fingerprint density at radius 2 is 0.609 bits per heavy atom. The summed E-state index contributed by atoms with van der Waals surface area (Å²) in [7, 11) is 0. The van der Waals surface area contributed by atoms with Crippen molar-refractivity contribution in [2.75, 3.05) is 13.2 Å². The SMILES string of the molecule is CC/C=C\C/C=C\C/C=C\C/C=C\C/C=C\C/C=C\CCC(=O)OCC(COC(=O)CCCCCCC/C=C\CCCCCCCC)OC(=O)CCC/C=C\C/C=C\C/C=C\C/C=C\C/C=C\CC. The van der Waals surface area contributed by atoms with Crippen molar-refractivity contribution in [2.24, 2.45) is 0 Å². The summed E-state index contributed by atoms with van der Waals surface area (Å²) in [5.74, 6) is -1.10. The Hall–Kier alpha value is -4.71. The van der Waals surface area contributed by atoms with Gasteiger partial charge in [-0.05, 0) is 122 Å². The van der Waals surface area contributed by atoms with Crippen molar-refractivity contribution in [2.45, 2.75) is 219 Å². The van der Waals surface area contributed by atoms with Gasteiger partial charge < -0.3 is 14.2 Å². The average Bonchev–Trinajstić information content (AvgIpc) is 3.35. The predicted molar refractivity (Wildman–Crippen MR) is 297 cm³/mol. The van der Waals surface area contributed by atoms with Crippen molar-refractivity contribution in [3.8, 4) is 0 Å². The normalized spacial score (nSPS) is 13.3. The Labute approximate surface area is 423 Å². The molecule has 0 aliphatic carbocycles. The van der Waals surface area contributed by atoms with Gasteiger partial charge in [-0.3, -0.25) is 14.4 Å². The van der Waals surface area contributed by atoms with Gasteiger partial charge in [0, 0.05) is 19.3 Å². The minimum absolute atomic E-state index is 0.134. The van der Waals surface area contributed by atoms with Gasteiger partial charge in [0.2, 0.25) is 0 Å². The second-order valence-corrected chi connectivity index (χ2v) is 17.4. The lowest BCUT2D eigenvalue weighted by molar-refractivity contribution is -0.166. The number of unbranched alkanes of at least 4 members (excludes halogenated alkanes) is 12. The van der Waals surface area contributed by atoms with E-state index in [0.717, 1.165) is 109 Å². The molecule has 0 spiro atoms.